The highest BCUT2D eigenvalue weighted by molar-refractivity contribution is 14.0. The van der Waals surface area contributed by atoms with Gasteiger partial charge in [-0.15, -0.1) is 24.0 Å². The monoisotopic (exact) mass is 535 g/mol. The van der Waals surface area contributed by atoms with Crippen LogP contribution < -0.4 is 15.5 Å². The Kier molecular flexibility index (Phi) is 8.44. The first-order chi connectivity index (χ1) is 14.7. The first-order valence-electron chi connectivity index (χ1n) is 10.6. The van der Waals surface area contributed by atoms with Crippen molar-refractivity contribution in [1.82, 2.24) is 20.2 Å². The molecule has 0 radical (unpaired) electrons. The lowest BCUT2D eigenvalue weighted by Crippen LogP contribution is -2.52. The summed E-state index contributed by atoms with van der Waals surface area (Å²) >= 11 is 0. The van der Waals surface area contributed by atoms with Gasteiger partial charge >= 0.3 is 0 Å². The number of amides is 1. The number of anilines is 2. The van der Waals surface area contributed by atoms with Gasteiger partial charge in [-0.05, 0) is 36.6 Å². The largest absolute Gasteiger partial charge is 0.352 e. The quantitative estimate of drug-likeness (QED) is 0.348. The van der Waals surface area contributed by atoms with E-state index in [0.29, 0.717) is 6.54 Å². The molecule has 0 bridgehead atoms. The second-order valence-electron chi connectivity index (χ2n) is 7.74. The number of carbonyl (C=O) groups is 1. The van der Waals surface area contributed by atoms with Crippen LogP contribution in [0.4, 0.5) is 11.6 Å². The zero-order valence-electron chi connectivity index (χ0n) is 17.8. The number of nitrogens with one attached hydrogen (secondary N) is 2. The summed E-state index contributed by atoms with van der Waals surface area (Å²) in [5, 5.41) is 6.49. The van der Waals surface area contributed by atoms with Crippen molar-refractivity contribution in [1.29, 1.82) is 0 Å². The van der Waals surface area contributed by atoms with Crippen LogP contribution in [-0.4, -0.2) is 60.0 Å². The number of rotatable bonds is 5. The minimum Gasteiger partial charge on any atom is -0.352 e. The smallest absolute Gasteiger partial charge is 0.227 e. The molecule has 4 rings (SSSR count). The number of benzene rings is 1. The summed E-state index contributed by atoms with van der Waals surface area (Å²) in [5.74, 6) is 1.99. The number of guanidine groups is 1. The summed E-state index contributed by atoms with van der Waals surface area (Å²) in [6, 6.07) is 9.85. The Bertz CT molecular complexity index is 880. The molecule has 1 aliphatic heterocycles. The van der Waals surface area contributed by atoms with Gasteiger partial charge in [-0.1, -0.05) is 18.6 Å². The van der Waals surface area contributed by atoms with E-state index in [1.54, 1.807) is 12.4 Å². The van der Waals surface area contributed by atoms with E-state index in [0.717, 1.165) is 68.6 Å². The van der Waals surface area contributed by atoms with Gasteiger partial charge in [-0.3, -0.25) is 9.79 Å². The fourth-order valence-corrected chi connectivity index (χ4v) is 3.76. The molecule has 9 heteroatoms. The molecule has 2 aromatic rings. The van der Waals surface area contributed by atoms with Crippen LogP contribution >= 0.6 is 24.0 Å². The normalized spacial score (nSPS) is 16.9. The van der Waals surface area contributed by atoms with Crippen molar-refractivity contribution in [3.05, 3.63) is 48.3 Å². The predicted octanol–water partition coefficient (Wildman–Crippen LogP) is 2.73. The standard InChI is InChI=1S/C22H29N7O.HI/c1-23-21(28-11-13-29(14-12-28)22-24-9-4-10-25-22)26-16-17-5-2-8-19(15-17)27-20(30)18-6-3-7-18;/h2,4-5,8-10,15,18H,3,6-7,11-14,16H2,1H3,(H,23,26)(H,27,30);1H. The van der Waals surface area contributed by atoms with Gasteiger partial charge in [0.25, 0.3) is 0 Å². The van der Waals surface area contributed by atoms with Gasteiger partial charge in [-0.2, -0.15) is 0 Å². The molecule has 31 heavy (non-hydrogen) atoms. The number of hydrogen-bond donors (Lipinski definition) is 2. The summed E-state index contributed by atoms with van der Waals surface area (Å²) in [4.78, 5) is 29.8. The molecule has 2 fully saturated rings. The Labute approximate surface area is 200 Å². The van der Waals surface area contributed by atoms with Crippen molar-refractivity contribution in [2.75, 3.05) is 43.4 Å². The summed E-state index contributed by atoms with van der Waals surface area (Å²) < 4.78 is 0. The molecule has 2 aliphatic rings. The molecule has 1 saturated carbocycles. The highest BCUT2D eigenvalue weighted by atomic mass is 127. The molecule has 0 atom stereocenters. The lowest BCUT2D eigenvalue weighted by Gasteiger charge is -2.36. The van der Waals surface area contributed by atoms with Gasteiger partial charge in [0.05, 0.1) is 0 Å². The number of halogens is 1. The van der Waals surface area contributed by atoms with E-state index in [2.05, 4.69) is 41.5 Å². The molecule has 1 amide bonds. The Morgan fingerprint density at radius 2 is 1.87 bits per heavy atom. The number of piperazine rings is 1. The van der Waals surface area contributed by atoms with Crippen molar-refractivity contribution in [2.24, 2.45) is 10.9 Å². The molecular formula is C22H30IN7O. The van der Waals surface area contributed by atoms with Gasteiger partial charge in [0.2, 0.25) is 11.9 Å². The van der Waals surface area contributed by atoms with Crippen molar-refractivity contribution >= 4 is 47.5 Å². The summed E-state index contributed by atoms with van der Waals surface area (Å²) in [7, 11) is 1.81. The summed E-state index contributed by atoms with van der Waals surface area (Å²) in [5.41, 5.74) is 1.97. The Hall–Kier alpha value is -2.43. The molecule has 1 aromatic heterocycles. The van der Waals surface area contributed by atoms with Gasteiger partial charge in [-0.25, -0.2) is 9.97 Å². The lowest BCUT2D eigenvalue weighted by molar-refractivity contribution is -0.122. The third kappa shape index (κ3) is 6.05. The van der Waals surface area contributed by atoms with Gasteiger partial charge in [0, 0.05) is 63.8 Å². The molecule has 8 nitrogen and oxygen atoms in total. The third-order valence-electron chi connectivity index (χ3n) is 5.75. The van der Waals surface area contributed by atoms with Crippen LogP contribution in [-0.2, 0) is 11.3 Å². The first-order valence-corrected chi connectivity index (χ1v) is 10.6. The van der Waals surface area contributed by atoms with E-state index >= 15 is 0 Å². The van der Waals surface area contributed by atoms with E-state index in [4.69, 9.17) is 0 Å². The molecule has 1 saturated heterocycles. The minimum atomic E-state index is 0. The highest BCUT2D eigenvalue weighted by Gasteiger charge is 2.25. The first kappa shape index (κ1) is 23.2. The third-order valence-corrected chi connectivity index (χ3v) is 5.75. The highest BCUT2D eigenvalue weighted by Crippen LogP contribution is 2.27. The van der Waals surface area contributed by atoms with Gasteiger partial charge < -0.3 is 20.4 Å². The molecule has 2 N–H and O–H groups in total. The van der Waals surface area contributed by atoms with E-state index in [1.807, 2.05) is 31.3 Å². The molecule has 1 aliphatic carbocycles. The topological polar surface area (TPSA) is 85.8 Å². The molecular weight excluding hydrogens is 505 g/mol. The van der Waals surface area contributed by atoms with Crippen LogP contribution in [0.3, 0.4) is 0 Å². The maximum absolute atomic E-state index is 12.2. The number of aromatic nitrogens is 2. The SMILES string of the molecule is CN=C(NCc1cccc(NC(=O)C2CCC2)c1)N1CCN(c2ncccn2)CC1.I. The van der Waals surface area contributed by atoms with Gasteiger partial charge in [0.1, 0.15) is 0 Å². The van der Waals surface area contributed by atoms with E-state index in [1.165, 1.54) is 0 Å². The minimum absolute atomic E-state index is 0. The fraction of sp³-hybridized carbons (Fsp3) is 0.455. The van der Waals surface area contributed by atoms with Crippen molar-refractivity contribution in [2.45, 2.75) is 25.8 Å². The average Bonchev–Trinajstić information content (AvgIpc) is 2.74. The van der Waals surface area contributed by atoms with Crippen LogP contribution in [0.1, 0.15) is 24.8 Å². The molecule has 166 valence electrons. The van der Waals surface area contributed by atoms with E-state index in [-0.39, 0.29) is 35.8 Å². The number of nitrogens with zero attached hydrogens (tertiary/aromatic N) is 5. The molecule has 1 aromatic carbocycles. The van der Waals surface area contributed by atoms with Crippen LogP contribution in [0, 0.1) is 5.92 Å². The maximum Gasteiger partial charge on any atom is 0.227 e. The molecule has 0 unspecified atom stereocenters. The van der Waals surface area contributed by atoms with Gasteiger partial charge in [0.15, 0.2) is 5.96 Å². The maximum atomic E-state index is 12.2. The van der Waals surface area contributed by atoms with Crippen molar-refractivity contribution in [3.63, 3.8) is 0 Å². The second kappa shape index (κ2) is 11.3. The van der Waals surface area contributed by atoms with Crippen LogP contribution in [0.25, 0.3) is 0 Å². The van der Waals surface area contributed by atoms with Crippen LogP contribution in [0.15, 0.2) is 47.7 Å². The second-order valence-corrected chi connectivity index (χ2v) is 7.74. The Balaban J connectivity index is 0.00000272. The lowest BCUT2D eigenvalue weighted by atomic mass is 9.85. The van der Waals surface area contributed by atoms with Crippen LogP contribution in [0.5, 0.6) is 0 Å². The zero-order chi connectivity index (χ0) is 20.8. The summed E-state index contributed by atoms with van der Waals surface area (Å²) in [6.45, 7) is 4.08. The predicted molar refractivity (Wildman–Crippen MR) is 134 cm³/mol. The van der Waals surface area contributed by atoms with E-state index in [9.17, 15) is 4.79 Å². The van der Waals surface area contributed by atoms with E-state index < -0.39 is 0 Å². The van der Waals surface area contributed by atoms with Crippen molar-refractivity contribution in [3.8, 4) is 0 Å². The van der Waals surface area contributed by atoms with Crippen molar-refractivity contribution < 1.29 is 4.79 Å². The average molecular weight is 535 g/mol. The number of carbonyl (C=O) groups excluding carboxylic acids is 1. The fourth-order valence-electron chi connectivity index (χ4n) is 3.76. The summed E-state index contributed by atoms with van der Waals surface area (Å²) in [6.07, 6.45) is 6.73. The zero-order valence-corrected chi connectivity index (χ0v) is 20.2. The molecule has 0 spiro atoms. The Morgan fingerprint density at radius 3 is 2.52 bits per heavy atom. The Morgan fingerprint density at radius 1 is 1.13 bits per heavy atom. The van der Waals surface area contributed by atoms with Crippen LogP contribution in [0.2, 0.25) is 0 Å². The number of hydrogen-bond acceptors (Lipinski definition) is 5. The molecule has 2 heterocycles. The number of aliphatic imine (C=N–C) groups is 1.